The Morgan fingerprint density at radius 1 is 1.21 bits per heavy atom. The second-order valence-electron chi connectivity index (χ2n) is 5.03. The molecule has 0 unspecified atom stereocenters. The lowest BCUT2D eigenvalue weighted by molar-refractivity contribution is 0.0990. The number of carbonyl (C=O) groups is 1. The lowest BCUT2D eigenvalue weighted by atomic mass is 10.0. The van der Waals surface area contributed by atoms with Crippen LogP contribution in [0.3, 0.4) is 0 Å². The number of hydrogen-bond donors (Lipinski definition) is 0. The van der Waals surface area contributed by atoms with Crippen molar-refractivity contribution in [2.45, 2.75) is 33.6 Å². The summed E-state index contributed by atoms with van der Waals surface area (Å²) in [5.74, 6) is 1.01. The number of rotatable bonds is 6. The largest absolute Gasteiger partial charge is 0.491 e. The van der Waals surface area contributed by atoms with Gasteiger partial charge >= 0.3 is 0 Å². The standard InChI is InChI=1S/C16H23NO2/c1-4-17(5-2)10-11-19-15-9-6-12(3)13-7-8-14(18)16(13)15/h6,9H,4-5,7-8,10-11H2,1-3H3. The summed E-state index contributed by atoms with van der Waals surface area (Å²) in [6.07, 6.45) is 1.50. The zero-order valence-electron chi connectivity index (χ0n) is 12.2. The molecule has 1 aliphatic carbocycles. The maximum atomic E-state index is 12.0. The molecule has 3 heteroatoms. The minimum absolute atomic E-state index is 0.233. The lowest BCUT2D eigenvalue weighted by Crippen LogP contribution is -2.28. The molecule has 0 aliphatic heterocycles. The summed E-state index contributed by atoms with van der Waals surface area (Å²) in [5, 5.41) is 0. The minimum Gasteiger partial charge on any atom is -0.491 e. The van der Waals surface area contributed by atoms with Crippen LogP contribution in [-0.4, -0.2) is 36.9 Å². The number of ether oxygens (including phenoxy) is 1. The van der Waals surface area contributed by atoms with Gasteiger partial charge in [0, 0.05) is 13.0 Å². The molecule has 0 spiro atoms. The molecule has 0 bridgehead atoms. The van der Waals surface area contributed by atoms with E-state index in [1.807, 2.05) is 6.07 Å². The molecule has 3 nitrogen and oxygen atoms in total. The normalized spacial score (nSPS) is 14.0. The average Bonchev–Trinajstić information content (AvgIpc) is 2.81. The van der Waals surface area contributed by atoms with E-state index >= 15 is 0 Å². The molecule has 0 amide bonds. The molecule has 104 valence electrons. The van der Waals surface area contributed by atoms with Gasteiger partial charge in [-0.3, -0.25) is 4.79 Å². The minimum atomic E-state index is 0.233. The predicted molar refractivity (Wildman–Crippen MR) is 77.1 cm³/mol. The molecule has 0 atom stereocenters. The van der Waals surface area contributed by atoms with Gasteiger partial charge in [0.1, 0.15) is 12.4 Å². The predicted octanol–water partition coefficient (Wildman–Crippen LogP) is 2.84. The highest BCUT2D eigenvalue weighted by Crippen LogP contribution is 2.32. The SMILES string of the molecule is CCN(CC)CCOc1ccc(C)c2c1C(=O)CC2. The fourth-order valence-electron chi connectivity index (χ4n) is 2.67. The molecule has 0 radical (unpaired) electrons. The van der Waals surface area contributed by atoms with Crippen molar-refractivity contribution in [2.75, 3.05) is 26.2 Å². The van der Waals surface area contributed by atoms with Gasteiger partial charge in [0.25, 0.3) is 0 Å². The number of likely N-dealkylation sites (N-methyl/N-ethyl adjacent to an activating group) is 1. The summed E-state index contributed by atoms with van der Waals surface area (Å²) in [6, 6.07) is 4.00. The highest BCUT2D eigenvalue weighted by molar-refractivity contribution is 6.03. The first-order chi connectivity index (χ1) is 9.17. The number of Topliss-reactive ketones (excluding diaryl/α,β-unsaturated/α-hetero) is 1. The van der Waals surface area contributed by atoms with Crippen LogP contribution < -0.4 is 4.74 Å². The van der Waals surface area contributed by atoms with E-state index in [9.17, 15) is 4.79 Å². The lowest BCUT2D eigenvalue weighted by Gasteiger charge is -2.19. The summed E-state index contributed by atoms with van der Waals surface area (Å²) in [6.45, 7) is 9.98. The van der Waals surface area contributed by atoms with E-state index in [0.29, 0.717) is 13.0 Å². The molecular weight excluding hydrogens is 238 g/mol. The second kappa shape index (κ2) is 6.20. The van der Waals surface area contributed by atoms with Crippen LogP contribution in [-0.2, 0) is 6.42 Å². The van der Waals surface area contributed by atoms with Gasteiger partial charge in [0.05, 0.1) is 5.56 Å². The van der Waals surface area contributed by atoms with Crippen LogP contribution in [0.4, 0.5) is 0 Å². The van der Waals surface area contributed by atoms with Crippen LogP contribution in [0.2, 0.25) is 0 Å². The Labute approximate surface area is 115 Å². The number of ketones is 1. The van der Waals surface area contributed by atoms with Crippen molar-refractivity contribution >= 4 is 5.78 Å². The van der Waals surface area contributed by atoms with Crippen LogP contribution in [0, 0.1) is 6.92 Å². The van der Waals surface area contributed by atoms with E-state index in [1.165, 1.54) is 11.1 Å². The number of aryl methyl sites for hydroxylation is 1. The third-order valence-electron chi connectivity index (χ3n) is 3.95. The fourth-order valence-corrected chi connectivity index (χ4v) is 2.67. The van der Waals surface area contributed by atoms with E-state index in [2.05, 4.69) is 31.7 Å². The molecule has 0 saturated carbocycles. The number of fused-ring (bicyclic) bond motifs is 1. The molecule has 0 heterocycles. The van der Waals surface area contributed by atoms with Crippen LogP contribution in [0.15, 0.2) is 12.1 Å². The van der Waals surface area contributed by atoms with E-state index in [-0.39, 0.29) is 5.78 Å². The Kier molecular flexibility index (Phi) is 4.59. The van der Waals surface area contributed by atoms with Crippen LogP contribution in [0.1, 0.15) is 41.8 Å². The van der Waals surface area contributed by atoms with Gasteiger partial charge in [-0.25, -0.2) is 0 Å². The fraction of sp³-hybridized carbons (Fsp3) is 0.562. The van der Waals surface area contributed by atoms with E-state index in [4.69, 9.17) is 4.74 Å². The van der Waals surface area contributed by atoms with Gasteiger partial charge in [-0.05, 0) is 43.6 Å². The smallest absolute Gasteiger partial charge is 0.167 e. The van der Waals surface area contributed by atoms with Gasteiger partial charge in [-0.15, -0.1) is 0 Å². The van der Waals surface area contributed by atoms with E-state index in [0.717, 1.165) is 37.4 Å². The van der Waals surface area contributed by atoms with Crippen molar-refractivity contribution in [1.82, 2.24) is 4.90 Å². The van der Waals surface area contributed by atoms with Gasteiger partial charge in [0.15, 0.2) is 5.78 Å². The molecule has 0 fully saturated rings. The monoisotopic (exact) mass is 261 g/mol. The molecule has 1 aliphatic rings. The molecule has 0 N–H and O–H groups in total. The highest BCUT2D eigenvalue weighted by Gasteiger charge is 2.25. The Morgan fingerprint density at radius 2 is 1.95 bits per heavy atom. The number of hydrogen-bond acceptors (Lipinski definition) is 3. The van der Waals surface area contributed by atoms with Crippen molar-refractivity contribution < 1.29 is 9.53 Å². The van der Waals surface area contributed by atoms with Crippen LogP contribution in [0.5, 0.6) is 5.75 Å². The first kappa shape index (κ1) is 14.1. The molecule has 0 saturated heterocycles. The molecule has 1 aromatic rings. The maximum Gasteiger partial charge on any atom is 0.167 e. The average molecular weight is 261 g/mol. The first-order valence-corrected chi connectivity index (χ1v) is 7.18. The molecule has 1 aromatic carbocycles. The number of carbonyl (C=O) groups excluding carboxylic acids is 1. The Bertz CT molecular complexity index is 464. The van der Waals surface area contributed by atoms with Crippen molar-refractivity contribution in [3.05, 3.63) is 28.8 Å². The zero-order valence-corrected chi connectivity index (χ0v) is 12.2. The van der Waals surface area contributed by atoms with Crippen molar-refractivity contribution in [1.29, 1.82) is 0 Å². The molecular formula is C16H23NO2. The summed E-state index contributed by atoms with van der Waals surface area (Å²) in [4.78, 5) is 14.3. The topological polar surface area (TPSA) is 29.5 Å². The third-order valence-corrected chi connectivity index (χ3v) is 3.95. The van der Waals surface area contributed by atoms with Crippen molar-refractivity contribution in [2.24, 2.45) is 0 Å². The quantitative estimate of drug-likeness (QED) is 0.788. The van der Waals surface area contributed by atoms with E-state index < -0.39 is 0 Å². The summed E-state index contributed by atoms with van der Waals surface area (Å²) < 4.78 is 5.85. The summed E-state index contributed by atoms with van der Waals surface area (Å²) >= 11 is 0. The zero-order chi connectivity index (χ0) is 13.8. The van der Waals surface area contributed by atoms with Crippen LogP contribution >= 0.6 is 0 Å². The van der Waals surface area contributed by atoms with Gasteiger partial charge < -0.3 is 9.64 Å². The third kappa shape index (κ3) is 2.98. The van der Waals surface area contributed by atoms with Crippen molar-refractivity contribution in [3.63, 3.8) is 0 Å². The van der Waals surface area contributed by atoms with Crippen molar-refractivity contribution in [3.8, 4) is 5.75 Å². The van der Waals surface area contributed by atoms with Gasteiger partial charge in [0.2, 0.25) is 0 Å². The Morgan fingerprint density at radius 3 is 2.63 bits per heavy atom. The molecule has 2 rings (SSSR count). The highest BCUT2D eigenvalue weighted by atomic mass is 16.5. The second-order valence-corrected chi connectivity index (χ2v) is 5.03. The maximum absolute atomic E-state index is 12.0. The molecule has 19 heavy (non-hydrogen) atoms. The van der Waals surface area contributed by atoms with Gasteiger partial charge in [-0.2, -0.15) is 0 Å². The number of benzene rings is 1. The van der Waals surface area contributed by atoms with Crippen LogP contribution in [0.25, 0.3) is 0 Å². The summed E-state index contributed by atoms with van der Waals surface area (Å²) in [7, 11) is 0. The summed E-state index contributed by atoms with van der Waals surface area (Å²) in [5.41, 5.74) is 3.22. The Hall–Kier alpha value is -1.35. The van der Waals surface area contributed by atoms with Gasteiger partial charge in [-0.1, -0.05) is 19.9 Å². The molecule has 0 aromatic heterocycles. The number of nitrogens with zero attached hydrogens (tertiary/aromatic N) is 1. The van der Waals surface area contributed by atoms with E-state index in [1.54, 1.807) is 0 Å². The first-order valence-electron chi connectivity index (χ1n) is 7.18. The Balaban J connectivity index is 2.06.